The molecule has 1 fully saturated rings. The lowest BCUT2D eigenvalue weighted by atomic mass is 10.1. The molecule has 6 N–H and O–H groups in total. The van der Waals surface area contributed by atoms with E-state index in [0.717, 1.165) is 6.42 Å². The summed E-state index contributed by atoms with van der Waals surface area (Å²) in [4.78, 5) is 46.0. The standard InChI is InChI=1S/C14H23N3O7/c1-7(18)11(14(23)24)17-13(22)9(4-5-10(19)20)16-12(21)8-3-2-6-15-8/h7-9,11,15,18H,2-6H2,1H3,(H,16,21)(H,17,22)(H,19,20)(H,23,24)/t7-,8+,9+,11+/m1/s1. The number of rotatable bonds is 9. The summed E-state index contributed by atoms with van der Waals surface area (Å²) in [5.74, 6) is -3.87. The highest BCUT2D eigenvalue weighted by Crippen LogP contribution is 2.07. The Kier molecular flexibility index (Phi) is 7.59. The van der Waals surface area contributed by atoms with Crippen LogP contribution in [-0.2, 0) is 19.2 Å². The summed E-state index contributed by atoms with van der Waals surface area (Å²) in [6, 6.07) is -3.21. The van der Waals surface area contributed by atoms with Crippen LogP contribution in [0.15, 0.2) is 0 Å². The van der Waals surface area contributed by atoms with Crippen molar-refractivity contribution >= 4 is 23.8 Å². The Hall–Kier alpha value is -2.20. The van der Waals surface area contributed by atoms with Crippen LogP contribution in [-0.4, -0.2) is 69.8 Å². The van der Waals surface area contributed by atoms with Crippen LogP contribution in [0.2, 0.25) is 0 Å². The number of amides is 2. The summed E-state index contributed by atoms with van der Waals surface area (Å²) in [6.07, 6.45) is -0.495. The third-order valence-corrected chi connectivity index (χ3v) is 3.70. The maximum absolute atomic E-state index is 12.2. The van der Waals surface area contributed by atoms with Gasteiger partial charge in [0, 0.05) is 6.42 Å². The Balaban J connectivity index is 2.75. The molecule has 1 saturated heterocycles. The first-order chi connectivity index (χ1) is 11.2. The largest absolute Gasteiger partial charge is 0.481 e. The number of carboxylic acid groups (broad SMARTS) is 2. The highest BCUT2D eigenvalue weighted by Gasteiger charge is 2.31. The molecule has 1 aliphatic rings. The zero-order chi connectivity index (χ0) is 18.3. The quantitative estimate of drug-likeness (QED) is 0.280. The maximum atomic E-state index is 12.2. The molecule has 2 amide bonds. The third kappa shape index (κ3) is 6.13. The predicted octanol–water partition coefficient (Wildman–Crippen LogP) is -1.96. The number of aliphatic carboxylic acids is 2. The summed E-state index contributed by atoms with van der Waals surface area (Å²) in [5.41, 5.74) is 0. The number of carboxylic acids is 2. The molecule has 0 radical (unpaired) electrons. The van der Waals surface area contributed by atoms with E-state index in [2.05, 4.69) is 16.0 Å². The Morgan fingerprint density at radius 2 is 1.88 bits per heavy atom. The number of aliphatic hydroxyl groups excluding tert-OH is 1. The fraction of sp³-hybridized carbons (Fsp3) is 0.714. The number of aliphatic hydroxyl groups is 1. The molecule has 0 aromatic rings. The lowest BCUT2D eigenvalue weighted by Crippen LogP contribution is -2.56. The van der Waals surface area contributed by atoms with Gasteiger partial charge in [-0.25, -0.2) is 4.79 Å². The van der Waals surface area contributed by atoms with E-state index in [0.29, 0.717) is 13.0 Å². The smallest absolute Gasteiger partial charge is 0.328 e. The Morgan fingerprint density at radius 1 is 1.21 bits per heavy atom. The summed E-state index contributed by atoms with van der Waals surface area (Å²) < 4.78 is 0. The monoisotopic (exact) mass is 345 g/mol. The Morgan fingerprint density at radius 3 is 2.33 bits per heavy atom. The van der Waals surface area contributed by atoms with Crippen molar-refractivity contribution < 1.29 is 34.5 Å². The van der Waals surface area contributed by atoms with Gasteiger partial charge in [-0.05, 0) is 32.7 Å². The molecule has 0 aromatic heterocycles. The second-order valence-corrected chi connectivity index (χ2v) is 5.71. The van der Waals surface area contributed by atoms with Crippen molar-refractivity contribution in [1.82, 2.24) is 16.0 Å². The van der Waals surface area contributed by atoms with Gasteiger partial charge < -0.3 is 31.3 Å². The van der Waals surface area contributed by atoms with E-state index >= 15 is 0 Å². The van der Waals surface area contributed by atoms with Crippen LogP contribution in [0.1, 0.15) is 32.6 Å². The van der Waals surface area contributed by atoms with E-state index < -0.39 is 48.0 Å². The van der Waals surface area contributed by atoms with E-state index in [4.69, 9.17) is 10.2 Å². The van der Waals surface area contributed by atoms with Crippen LogP contribution >= 0.6 is 0 Å². The molecular formula is C14H23N3O7. The van der Waals surface area contributed by atoms with Crippen LogP contribution in [0.3, 0.4) is 0 Å². The average molecular weight is 345 g/mol. The van der Waals surface area contributed by atoms with Gasteiger partial charge in [-0.1, -0.05) is 0 Å². The first kappa shape index (κ1) is 19.8. The molecule has 0 saturated carbocycles. The average Bonchev–Trinajstić information content (AvgIpc) is 3.01. The van der Waals surface area contributed by atoms with E-state index in [1.807, 2.05) is 0 Å². The van der Waals surface area contributed by atoms with Crippen LogP contribution in [0.25, 0.3) is 0 Å². The van der Waals surface area contributed by atoms with Gasteiger partial charge in [-0.2, -0.15) is 0 Å². The SMILES string of the molecule is C[C@@H](O)[C@H](NC(=O)[C@H](CCC(=O)O)NC(=O)[C@@H]1CCCN1)C(=O)O. The minimum atomic E-state index is -1.55. The van der Waals surface area contributed by atoms with Crippen LogP contribution in [0.5, 0.6) is 0 Å². The summed E-state index contributed by atoms with van der Waals surface area (Å²) >= 11 is 0. The van der Waals surface area contributed by atoms with Gasteiger partial charge in [0.2, 0.25) is 11.8 Å². The van der Waals surface area contributed by atoms with Crippen LogP contribution in [0, 0.1) is 0 Å². The van der Waals surface area contributed by atoms with Crippen molar-refractivity contribution in [1.29, 1.82) is 0 Å². The van der Waals surface area contributed by atoms with Gasteiger partial charge in [-0.3, -0.25) is 14.4 Å². The second-order valence-electron chi connectivity index (χ2n) is 5.71. The topological polar surface area (TPSA) is 165 Å². The Bertz CT molecular complexity index is 489. The van der Waals surface area contributed by atoms with E-state index in [1.165, 1.54) is 6.92 Å². The van der Waals surface area contributed by atoms with Gasteiger partial charge in [0.25, 0.3) is 0 Å². The van der Waals surface area contributed by atoms with Crippen molar-refractivity contribution in [3.05, 3.63) is 0 Å². The Labute approximate surface area is 138 Å². The van der Waals surface area contributed by atoms with Crippen molar-refractivity contribution in [2.45, 2.75) is 56.8 Å². The molecule has 0 unspecified atom stereocenters. The molecule has 0 spiro atoms. The normalized spacial score (nSPS) is 20.7. The van der Waals surface area contributed by atoms with Crippen molar-refractivity contribution in [2.75, 3.05) is 6.54 Å². The second kappa shape index (κ2) is 9.18. The highest BCUT2D eigenvalue weighted by molar-refractivity contribution is 5.92. The fourth-order valence-electron chi connectivity index (χ4n) is 2.36. The first-order valence-electron chi connectivity index (χ1n) is 7.69. The molecule has 0 bridgehead atoms. The zero-order valence-electron chi connectivity index (χ0n) is 13.3. The molecule has 136 valence electrons. The molecule has 0 aromatic carbocycles. The summed E-state index contributed by atoms with van der Waals surface area (Å²) in [5, 5.41) is 34.7. The minimum absolute atomic E-state index is 0.189. The first-order valence-corrected chi connectivity index (χ1v) is 7.69. The number of carbonyl (C=O) groups excluding carboxylic acids is 2. The van der Waals surface area contributed by atoms with Crippen LogP contribution in [0.4, 0.5) is 0 Å². The molecule has 10 nitrogen and oxygen atoms in total. The molecule has 1 aliphatic heterocycles. The molecule has 24 heavy (non-hydrogen) atoms. The van der Waals surface area contributed by atoms with Gasteiger partial charge in [0.15, 0.2) is 6.04 Å². The highest BCUT2D eigenvalue weighted by atomic mass is 16.4. The van der Waals surface area contributed by atoms with Gasteiger partial charge in [0.1, 0.15) is 6.04 Å². The lowest BCUT2D eigenvalue weighted by molar-refractivity contribution is -0.145. The van der Waals surface area contributed by atoms with E-state index in [-0.39, 0.29) is 12.8 Å². The minimum Gasteiger partial charge on any atom is -0.481 e. The lowest BCUT2D eigenvalue weighted by Gasteiger charge is -2.23. The van der Waals surface area contributed by atoms with E-state index in [9.17, 15) is 24.3 Å². The summed E-state index contributed by atoms with van der Waals surface area (Å²) in [7, 11) is 0. The number of nitrogens with one attached hydrogen (secondary N) is 3. The third-order valence-electron chi connectivity index (χ3n) is 3.70. The fourth-order valence-corrected chi connectivity index (χ4v) is 2.36. The van der Waals surface area contributed by atoms with Gasteiger partial charge in [0.05, 0.1) is 12.1 Å². The molecule has 4 atom stereocenters. The van der Waals surface area contributed by atoms with Crippen molar-refractivity contribution in [3.63, 3.8) is 0 Å². The molecule has 1 rings (SSSR count). The van der Waals surface area contributed by atoms with Crippen LogP contribution < -0.4 is 16.0 Å². The maximum Gasteiger partial charge on any atom is 0.328 e. The van der Waals surface area contributed by atoms with E-state index in [1.54, 1.807) is 0 Å². The number of carbonyl (C=O) groups is 4. The van der Waals surface area contributed by atoms with Gasteiger partial charge >= 0.3 is 11.9 Å². The molecule has 0 aliphatic carbocycles. The number of hydrogen-bond acceptors (Lipinski definition) is 6. The molecular weight excluding hydrogens is 322 g/mol. The van der Waals surface area contributed by atoms with Crippen molar-refractivity contribution in [3.8, 4) is 0 Å². The van der Waals surface area contributed by atoms with Crippen molar-refractivity contribution in [2.24, 2.45) is 0 Å². The zero-order valence-corrected chi connectivity index (χ0v) is 13.3. The molecule has 10 heteroatoms. The summed E-state index contributed by atoms with van der Waals surface area (Å²) in [6.45, 7) is 1.87. The predicted molar refractivity (Wildman–Crippen MR) is 81.1 cm³/mol. The van der Waals surface area contributed by atoms with Gasteiger partial charge in [-0.15, -0.1) is 0 Å². The molecule has 1 heterocycles. The number of hydrogen-bond donors (Lipinski definition) is 6.